The molecule has 2 aromatic heterocycles. The Labute approximate surface area is 134 Å². The summed E-state index contributed by atoms with van der Waals surface area (Å²) in [6, 6.07) is 5.39. The molecule has 9 heteroatoms. The van der Waals surface area contributed by atoms with Gasteiger partial charge in [0.1, 0.15) is 17.5 Å². The molecule has 0 spiro atoms. The smallest absolute Gasteiger partial charge is 0.224 e. The fraction of sp³-hybridized carbons (Fsp3) is 0.0714. The van der Waals surface area contributed by atoms with Gasteiger partial charge in [0.05, 0.1) is 12.3 Å². The van der Waals surface area contributed by atoms with Gasteiger partial charge < -0.3 is 10.4 Å². The lowest BCUT2D eigenvalue weighted by atomic mass is 10.1. The number of aromatic amines is 1. The number of benzene rings is 1. The molecule has 0 atom stereocenters. The van der Waals surface area contributed by atoms with Crippen LogP contribution in [0.5, 0.6) is 0 Å². The molecule has 0 aliphatic heterocycles. The molecular weight excluding hydrogens is 328 g/mol. The van der Waals surface area contributed by atoms with E-state index in [1.54, 1.807) is 12.1 Å². The van der Waals surface area contributed by atoms with Crippen LogP contribution in [-0.4, -0.2) is 25.3 Å². The Morgan fingerprint density at radius 3 is 2.57 bits per heavy atom. The number of aliphatic hydroxyl groups excluding tert-OH is 1. The lowest BCUT2D eigenvalue weighted by molar-refractivity contribution is 0.269. The Morgan fingerprint density at radius 2 is 1.91 bits per heavy atom. The first kappa shape index (κ1) is 15.3. The Bertz CT molecular complexity index is 832. The number of rotatable bonds is 4. The van der Waals surface area contributed by atoms with Crippen LogP contribution in [-0.2, 0) is 6.61 Å². The van der Waals surface area contributed by atoms with Crippen LogP contribution in [0.1, 0.15) is 5.56 Å². The Hall–Kier alpha value is -2.58. The molecule has 0 unspecified atom stereocenters. The Kier molecular flexibility index (Phi) is 4.18. The number of hydrogen-bond acceptors (Lipinski definition) is 5. The number of nitrogens with one attached hydrogen (secondary N) is 2. The molecule has 23 heavy (non-hydrogen) atoms. The first-order valence-corrected chi connectivity index (χ1v) is 6.84. The molecule has 3 aromatic rings. The lowest BCUT2D eigenvalue weighted by Gasteiger charge is -2.04. The van der Waals surface area contributed by atoms with Crippen molar-refractivity contribution in [2.75, 3.05) is 5.32 Å². The summed E-state index contributed by atoms with van der Waals surface area (Å²) in [5, 5.41) is 18.5. The van der Waals surface area contributed by atoms with Crippen LogP contribution in [0.3, 0.4) is 0 Å². The molecule has 0 saturated heterocycles. The molecule has 0 aliphatic rings. The van der Waals surface area contributed by atoms with Gasteiger partial charge in [-0.2, -0.15) is 5.10 Å². The molecule has 3 N–H and O–H groups in total. The molecule has 0 bridgehead atoms. The molecule has 0 radical (unpaired) electrons. The maximum Gasteiger partial charge on any atom is 0.224 e. The third-order valence-electron chi connectivity index (χ3n) is 3.07. The van der Waals surface area contributed by atoms with Crippen LogP contribution in [0.4, 0.5) is 20.4 Å². The average molecular weight is 338 g/mol. The normalized spacial score (nSPS) is 10.8. The van der Waals surface area contributed by atoms with Crippen molar-refractivity contribution in [1.82, 2.24) is 20.2 Å². The Balaban J connectivity index is 1.87. The summed E-state index contributed by atoms with van der Waals surface area (Å²) in [4.78, 5) is 7.70. The minimum atomic E-state index is -0.825. The predicted octanol–water partition coefficient (Wildman–Crippen LogP) is 3.03. The van der Waals surface area contributed by atoms with Crippen LogP contribution >= 0.6 is 11.6 Å². The third-order valence-corrected chi connectivity index (χ3v) is 3.25. The second kappa shape index (κ2) is 6.27. The van der Waals surface area contributed by atoms with Crippen LogP contribution in [0, 0.1) is 11.6 Å². The molecule has 1 aromatic carbocycles. The lowest BCUT2D eigenvalue weighted by Crippen LogP contribution is -1.96. The van der Waals surface area contributed by atoms with Gasteiger partial charge in [-0.3, -0.25) is 5.10 Å². The van der Waals surface area contributed by atoms with Crippen LogP contribution in [0.25, 0.3) is 11.3 Å². The highest BCUT2D eigenvalue weighted by atomic mass is 35.5. The van der Waals surface area contributed by atoms with E-state index in [0.717, 1.165) is 12.1 Å². The highest BCUT2D eigenvalue weighted by Crippen LogP contribution is 2.25. The summed E-state index contributed by atoms with van der Waals surface area (Å²) < 4.78 is 27.4. The summed E-state index contributed by atoms with van der Waals surface area (Å²) in [6.07, 6.45) is 1.48. The molecule has 0 fully saturated rings. The minimum Gasteiger partial charge on any atom is -0.391 e. The number of hydrogen-bond donors (Lipinski definition) is 3. The summed E-state index contributed by atoms with van der Waals surface area (Å²) >= 11 is 5.68. The number of nitrogens with zero attached hydrogens (tertiary/aromatic N) is 3. The van der Waals surface area contributed by atoms with E-state index >= 15 is 0 Å². The summed E-state index contributed by atoms with van der Waals surface area (Å²) in [7, 11) is 0. The summed E-state index contributed by atoms with van der Waals surface area (Å²) in [5.74, 6) is -0.832. The Morgan fingerprint density at radius 1 is 1.17 bits per heavy atom. The van der Waals surface area contributed by atoms with Crippen molar-refractivity contribution in [2.45, 2.75) is 6.61 Å². The SMILES string of the molecule is OCc1c(F)cc(-c2cc(Nc3ccnc(Cl)n3)n[nH]2)cc1F. The summed E-state index contributed by atoms with van der Waals surface area (Å²) in [5.41, 5.74) is 0.288. The van der Waals surface area contributed by atoms with Gasteiger partial charge in [-0.05, 0) is 29.8 Å². The van der Waals surface area contributed by atoms with Gasteiger partial charge in [-0.15, -0.1) is 0 Å². The fourth-order valence-electron chi connectivity index (χ4n) is 1.98. The summed E-state index contributed by atoms with van der Waals surface area (Å²) in [6.45, 7) is -0.706. The monoisotopic (exact) mass is 337 g/mol. The molecule has 6 nitrogen and oxygen atoms in total. The molecule has 118 valence electrons. The van der Waals surface area contributed by atoms with Crippen molar-refractivity contribution in [3.05, 3.63) is 52.9 Å². The zero-order valence-corrected chi connectivity index (χ0v) is 12.3. The van der Waals surface area contributed by atoms with E-state index < -0.39 is 18.2 Å². The maximum atomic E-state index is 13.7. The van der Waals surface area contributed by atoms with Crippen molar-refractivity contribution in [1.29, 1.82) is 0 Å². The third kappa shape index (κ3) is 3.27. The van der Waals surface area contributed by atoms with Crippen LogP contribution in [0.2, 0.25) is 5.28 Å². The molecule has 2 heterocycles. The van der Waals surface area contributed by atoms with Crippen LogP contribution in [0.15, 0.2) is 30.5 Å². The van der Waals surface area contributed by atoms with Gasteiger partial charge >= 0.3 is 0 Å². The largest absolute Gasteiger partial charge is 0.391 e. The van der Waals surface area contributed by atoms with Crippen molar-refractivity contribution in [3.8, 4) is 11.3 Å². The minimum absolute atomic E-state index is 0.0782. The van der Waals surface area contributed by atoms with Crippen molar-refractivity contribution < 1.29 is 13.9 Å². The van der Waals surface area contributed by atoms with E-state index in [4.69, 9.17) is 16.7 Å². The van der Waals surface area contributed by atoms with Gasteiger partial charge in [0.15, 0.2) is 5.82 Å². The first-order chi connectivity index (χ1) is 11.1. The van der Waals surface area contributed by atoms with E-state index in [2.05, 4.69) is 25.5 Å². The molecule has 3 rings (SSSR count). The molecule has 0 aliphatic carbocycles. The standard InChI is InChI=1S/C14H10ClF2N5O/c15-14-18-2-1-12(20-14)19-13-5-11(21-22-13)7-3-9(16)8(6-23)10(17)4-7/h1-5,23H,6H2,(H2,18,19,20,21,22). The zero-order chi connectivity index (χ0) is 16.4. The number of H-pyrrole nitrogens is 1. The second-order valence-electron chi connectivity index (χ2n) is 4.58. The molecule has 0 saturated carbocycles. The van der Waals surface area contributed by atoms with E-state index in [1.165, 1.54) is 6.20 Å². The van der Waals surface area contributed by atoms with Crippen molar-refractivity contribution in [3.63, 3.8) is 0 Å². The van der Waals surface area contributed by atoms with Gasteiger partial charge in [-0.25, -0.2) is 18.7 Å². The number of halogens is 3. The van der Waals surface area contributed by atoms with E-state index in [-0.39, 0.29) is 16.4 Å². The maximum absolute atomic E-state index is 13.7. The average Bonchev–Trinajstić information content (AvgIpc) is 2.95. The van der Waals surface area contributed by atoms with E-state index in [0.29, 0.717) is 17.3 Å². The van der Waals surface area contributed by atoms with Gasteiger partial charge in [-0.1, -0.05) is 0 Å². The van der Waals surface area contributed by atoms with E-state index in [1.807, 2.05) is 0 Å². The number of anilines is 2. The number of aliphatic hydroxyl groups is 1. The van der Waals surface area contributed by atoms with Gasteiger partial charge in [0.2, 0.25) is 5.28 Å². The second-order valence-corrected chi connectivity index (χ2v) is 4.92. The fourth-order valence-corrected chi connectivity index (χ4v) is 2.13. The van der Waals surface area contributed by atoms with Crippen molar-refractivity contribution >= 4 is 23.2 Å². The quantitative estimate of drug-likeness (QED) is 0.637. The van der Waals surface area contributed by atoms with E-state index in [9.17, 15) is 8.78 Å². The zero-order valence-electron chi connectivity index (χ0n) is 11.5. The molecular formula is C14H10ClF2N5O. The highest BCUT2D eigenvalue weighted by molar-refractivity contribution is 6.28. The van der Waals surface area contributed by atoms with Gasteiger partial charge in [0, 0.05) is 23.4 Å². The topological polar surface area (TPSA) is 86.7 Å². The van der Waals surface area contributed by atoms with Crippen molar-refractivity contribution in [2.24, 2.45) is 0 Å². The highest BCUT2D eigenvalue weighted by Gasteiger charge is 2.13. The predicted molar refractivity (Wildman–Crippen MR) is 80.2 cm³/mol. The van der Waals surface area contributed by atoms with Crippen LogP contribution < -0.4 is 5.32 Å². The van der Waals surface area contributed by atoms with Gasteiger partial charge in [0.25, 0.3) is 0 Å². The molecule has 0 amide bonds. The number of aromatic nitrogens is 4. The first-order valence-electron chi connectivity index (χ1n) is 6.47.